The number of carbonyl (C=O) groups is 2. The fourth-order valence-corrected chi connectivity index (χ4v) is 2.36. The highest BCUT2D eigenvalue weighted by Crippen LogP contribution is 2.21. The van der Waals surface area contributed by atoms with Crippen molar-refractivity contribution in [1.29, 1.82) is 0 Å². The Bertz CT molecular complexity index is 536. The largest absolute Gasteiger partial charge is 0.478 e. The predicted octanol–water partition coefficient (Wildman–Crippen LogP) is 2.04. The molecule has 2 amide bonds. The molecule has 0 saturated heterocycles. The van der Waals surface area contributed by atoms with E-state index in [2.05, 4.69) is 26.6 Å². The number of nitrogens with one attached hydrogen (secondary N) is 2. The molecule has 20 heavy (non-hydrogen) atoms. The van der Waals surface area contributed by atoms with Crippen LogP contribution in [0.1, 0.15) is 16.8 Å². The molecule has 0 spiro atoms. The Hall–Kier alpha value is -1.41. The van der Waals surface area contributed by atoms with Crippen LogP contribution in [0.2, 0.25) is 0 Å². The van der Waals surface area contributed by atoms with Gasteiger partial charge in [0.25, 0.3) is 0 Å². The number of hydrogen-bond acceptors (Lipinski definition) is 3. The smallest absolute Gasteiger partial charge is 0.337 e. The molecule has 1 atom stereocenters. The summed E-state index contributed by atoms with van der Waals surface area (Å²) in [4.78, 5) is 22.7. The number of aromatic carboxylic acids is 1. The van der Waals surface area contributed by atoms with Crippen LogP contribution in [0.5, 0.6) is 0 Å². The highest BCUT2D eigenvalue weighted by atomic mass is 79.9. The molecule has 8 heteroatoms. The van der Waals surface area contributed by atoms with Crippen molar-refractivity contribution in [2.75, 3.05) is 23.9 Å². The van der Waals surface area contributed by atoms with Gasteiger partial charge in [-0.05, 0) is 24.6 Å². The number of hydrogen-bond donors (Lipinski definition) is 3. The van der Waals surface area contributed by atoms with Gasteiger partial charge >= 0.3 is 12.0 Å². The minimum absolute atomic E-state index is 0.00388. The summed E-state index contributed by atoms with van der Waals surface area (Å²) in [5.41, 5.74) is 0.224. The van der Waals surface area contributed by atoms with E-state index in [1.165, 1.54) is 12.1 Å². The van der Waals surface area contributed by atoms with Crippen molar-refractivity contribution in [2.24, 2.45) is 0 Å². The second-order valence-corrected chi connectivity index (χ2v) is 6.48. The number of benzene rings is 1. The first-order valence-corrected chi connectivity index (χ1v) is 8.30. The van der Waals surface area contributed by atoms with Crippen LogP contribution in [0.25, 0.3) is 0 Å². The van der Waals surface area contributed by atoms with Crippen molar-refractivity contribution in [3.63, 3.8) is 0 Å². The summed E-state index contributed by atoms with van der Waals surface area (Å²) in [5.74, 6) is -0.609. The lowest BCUT2D eigenvalue weighted by molar-refractivity contribution is 0.0698. The van der Waals surface area contributed by atoms with Crippen molar-refractivity contribution >= 4 is 44.4 Å². The normalized spacial score (nSPS) is 11.7. The fraction of sp³-hybridized carbons (Fsp3) is 0.333. The number of anilines is 1. The van der Waals surface area contributed by atoms with E-state index in [-0.39, 0.29) is 11.3 Å². The molecule has 0 aromatic heterocycles. The Morgan fingerprint density at radius 1 is 1.40 bits per heavy atom. The van der Waals surface area contributed by atoms with Gasteiger partial charge in [-0.15, -0.1) is 0 Å². The summed E-state index contributed by atoms with van der Waals surface area (Å²) in [6.45, 7) is 0.379. The quantitative estimate of drug-likeness (QED) is 0.674. The lowest BCUT2D eigenvalue weighted by Crippen LogP contribution is -2.30. The number of urea groups is 1. The zero-order valence-corrected chi connectivity index (χ0v) is 13.2. The van der Waals surface area contributed by atoms with Crippen molar-refractivity contribution in [2.45, 2.75) is 6.42 Å². The molecule has 3 N–H and O–H groups in total. The molecule has 0 aliphatic carbocycles. The predicted molar refractivity (Wildman–Crippen MR) is 81.7 cm³/mol. The van der Waals surface area contributed by atoms with Gasteiger partial charge in [-0.3, -0.25) is 4.21 Å². The Kier molecular flexibility index (Phi) is 6.66. The summed E-state index contributed by atoms with van der Waals surface area (Å²) in [6.07, 6.45) is 2.20. The lowest BCUT2D eigenvalue weighted by Gasteiger charge is -2.10. The first-order chi connectivity index (χ1) is 9.40. The van der Waals surface area contributed by atoms with Crippen molar-refractivity contribution < 1.29 is 18.9 Å². The number of carboxylic acids is 1. The molecule has 0 heterocycles. The van der Waals surface area contributed by atoms with Crippen LogP contribution in [-0.2, 0) is 10.8 Å². The van der Waals surface area contributed by atoms with Crippen molar-refractivity contribution in [1.82, 2.24) is 5.32 Å². The number of carbonyl (C=O) groups excluding carboxylic acids is 1. The average Bonchev–Trinajstić information content (AvgIpc) is 2.36. The van der Waals surface area contributed by atoms with Crippen molar-refractivity contribution in [3.8, 4) is 0 Å². The number of amides is 2. The third-order valence-corrected chi connectivity index (χ3v) is 3.71. The molecular formula is C12H15BrN2O4S. The van der Waals surface area contributed by atoms with Gasteiger partial charge in [0.2, 0.25) is 0 Å². The maximum Gasteiger partial charge on any atom is 0.337 e. The van der Waals surface area contributed by atoms with Gasteiger partial charge < -0.3 is 15.7 Å². The van der Waals surface area contributed by atoms with E-state index in [1.54, 1.807) is 12.3 Å². The lowest BCUT2D eigenvalue weighted by atomic mass is 10.2. The molecule has 6 nitrogen and oxygen atoms in total. The standard InChI is InChI=1S/C12H15BrN2O4S/c1-20(19)6-2-5-14-12(18)15-10-4-3-8(13)7-9(10)11(16)17/h3-4,7H,2,5-6H2,1H3,(H,16,17)(H2,14,15,18). The summed E-state index contributed by atoms with van der Waals surface area (Å²) in [7, 11) is -0.885. The second-order valence-electron chi connectivity index (χ2n) is 4.01. The molecule has 0 fully saturated rings. The van der Waals surface area contributed by atoms with Gasteiger partial charge in [-0.2, -0.15) is 0 Å². The van der Waals surface area contributed by atoms with Crippen molar-refractivity contribution in [3.05, 3.63) is 28.2 Å². The molecule has 0 saturated carbocycles. The average molecular weight is 363 g/mol. The Labute approximate surface area is 127 Å². The summed E-state index contributed by atoms with van der Waals surface area (Å²) >= 11 is 3.18. The van der Waals surface area contributed by atoms with E-state index in [1.807, 2.05) is 0 Å². The van der Waals surface area contributed by atoms with Crippen LogP contribution in [-0.4, -0.2) is 39.9 Å². The molecule has 110 valence electrons. The van der Waals surface area contributed by atoms with Gasteiger partial charge in [0, 0.05) is 33.8 Å². The molecule has 1 rings (SSSR count). The van der Waals surface area contributed by atoms with E-state index < -0.39 is 22.8 Å². The Morgan fingerprint density at radius 3 is 2.70 bits per heavy atom. The topological polar surface area (TPSA) is 95.5 Å². The van der Waals surface area contributed by atoms with Crippen LogP contribution in [0.4, 0.5) is 10.5 Å². The molecule has 1 aromatic carbocycles. The summed E-state index contributed by atoms with van der Waals surface area (Å²) in [6, 6.07) is 4.08. The molecule has 0 radical (unpaired) electrons. The summed E-state index contributed by atoms with van der Waals surface area (Å²) < 4.78 is 11.5. The van der Waals surface area contributed by atoms with Gasteiger partial charge in [0.15, 0.2) is 0 Å². The monoisotopic (exact) mass is 362 g/mol. The first-order valence-electron chi connectivity index (χ1n) is 5.78. The summed E-state index contributed by atoms with van der Waals surface area (Å²) in [5, 5.41) is 14.1. The van der Waals surface area contributed by atoms with Crippen LogP contribution < -0.4 is 10.6 Å². The Balaban J connectivity index is 2.57. The minimum atomic E-state index is -1.12. The van der Waals surface area contributed by atoms with E-state index in [4.69, 9.17) is 5.11 Å². The van der Waals surface area contributed by atoms with E-state index in [0.29, 0.717) is 23.2 Å². The number of carboxylic acid groups (broad SMARTS) is 1. The first kappa shape index (κ1) is 16.6. The number of rotatable bonds is 6. The van der Waals surface area contributed by atoms with Gasteiger partial charge in [-0.1, -0.05) is 15.9 Å². The van der Waals surface area contributed by atoms with Crippen LogP contribution in [0.3, 0.4) is 0 Å². The SMILES string of the molecule is CS(=O)CCCNC(=O)Nc1ccc(Br)cc1C(=O)O. The molecule has 1 aromatic rings. The fourth-order valence-electron chi connectivity index (χ4n) is 1.45. The second kappa shape index (κ2) is 8.01. The Morgan fingerprint density at radius 2 is 2.10 bits per heavy atom. The highest BCUT2D eigenvalue weighted by molar-refractivity contribution is 9.10. The molecule has 1 unspecified atom stereocenters. The van der Waals surface area contributed by atoms with Crippen LogP contribution >= 0.6 is 15.9 Å². The number of halogens is 1. The maximum atomic E-state index is 11.6. The van der Waals surface area contributed by atoms with Gasteiger partial charge in [0.1, 0.15) is 0 Å². The van der Waals surface area contributed by atoms with E-state index in [0.717, 1.165) is 0 Å². The zero-order chi connectivity index (χ0) is 15.1. The third kappa shape index (κ3) is 5.70. The van der Waals surface area contributed by atoms with E-state index in [9.17, 15) is 13.8 Å². The van der Waals surface area contributed by atoms with E-state index >= 15 is 0 Å². The molecule has 0 aliphatic heterocycles. The van der Waals surface area contributed by atoms with Crippen LogP contribution in [0, 0.1) is 0 Å². The maximum absolute atomic E-state index is 11.6. The highest BCUT2D eigenvalue weighted by Gasteiger charge is 2.12. The molecular weight excluding hydrogens is 348 g/mol. The van der Waals surface area contributed by atoms with Gasteiger partial charge in [-0.25, -0.2) is 9.59 Å². The van der Waals surface area contributed by atoms with Crippen LogP contribution in [0.15, 0.2) is 22.7 Å². The molecule has 0 aliphatic rings. The minimum Gasteiger partial charge on any atom is -0.478 e. The third-order valence-electron chi connectivity index (χ3n) is 2.35. The van der Waals surface area contributed by atoms with Gasteiger partial charge in [0.05, 0.1) is 11.3 Å². The zero-order valence-electron chi connectivity index (χ0n) is 10.8. The molecule has 0 bridgehead atoms.